The van der Waals surface area contributed by atoms with Crippen LogP contribution in [0.25, 0.3) is 0 Å². The van der Waals surface area contributed by atoms with Crippen LogP contribution in [0.15, 0.2) is 65.1 Å². The number of pyridine rings is 1. The van der Waals surface area contributed by atoms with Gasteiger partial charge in [0.1, 0.15) is 11.9 Å². The standard InChI is InChI=1S/C19H17FN6OS/c1-11-15(17(21)27)16(14-8-4-5-9-22-14)26-18(23-11)24-19(25-26)28-10-12-6-2-3-7-13(12)20/h2-9,16H,10H2,1H3,(H2,21,27)(H,23,24,25). The summed E-state index contributed by atoms with van der Waals surface area (Å²) in [6.07, 6.45) is 1.65. The fraction of sp³-hybridized carbons (Fsp3) is 0.158. The van der Waals surface area contributed by atoms with Gasteiger partial charge < -0.3 is 11.1 Å². The molecule has 0 fully saturated rings. The molecule has 1 aliphatic rings. The van der Waals surface area contributed by atoms with E-state index >= 15 is 0 Å². The number of thioether (sulfide) groups is 1. The number of fused-ring (bicyclic) bond motifs is 1. The van der Waals surface area contributed by atoms with Gasteiger partial charge in [0.25, 0.3) is 0 Å². The smallest absolute Gasteiger partial charge is 0.248 e. The van der Waals surface area contributed by atoms with Gasteiger partial charge in [-0.1, -0.05) is 36.0 Å². The molecule has 3 heterocycles. The average Bonchev–Trinajstić information content (AvgIpc) is 3.09. The lowest BCUT2D eigenvalue weighted by Gasteiger charge is -2.26. The minimum Gasteiger partial charge on any atom is -0.366 e. The van der Waals surface area contributed by atoms with Gasteiger partial charge >= 0.3 is 0 Å². The second-order valence-electron chi connectivity index (χ2n) is 6.23. The predicted molar refractivity (Wildman–Crippen MR) is 104 cm³/mol. The number of nitrogens with one attached hydrogen (secondary N) is 1. The van der Waals surface area contributed by atoms with Crippen LogP contribution in [-0.2, 0) is 10.5 Å². The lowest BCUT2D eigenvalue weighted by atomic mass is 9.99. The van der Waals surface area contributed by atoms with E-state index in [-0.39, 0.29) is 5.82 Å². The molecule has 1 aliphatic heterocycles. The van der Waals surface area contributed by atoms with Crippen LogP contribution in [-0.4, -0.2) is 25.7 Å². The maximum atomic E-state index is 13.9. The molecule has 0 radical (unpaired) electrons. The topological polar surface area (TPSA) is 98.7 Å². The normalized spacial score (nSPS) is 15.9. The Labute approximate surface area is 164 Å². The summed E-state index contributed by atoms with van der Waals surface area (Å²) in [6, 6.07) is 11.4. The number of primary amides is 1. The monoisotopic (exact) mass is 396 g/mol. The molecule has 9 heteroatoms. The number of rotatable bonds is 5. The highest BCUT2D eigenvalue weighted by Gasteiger charge is 2.34. The van der Waals surface area contributed by atoms with E-state index in [2.05, 4.69) is 20.4 Å². The largest absolute Gasteiger partial charge is 0.366 e. The number of allylic oxidation sites excluding steroid dienone is 1. The minimum absolute atomic E-state index is 0.267. The predicted octanol–water partition coefficient (Wildman–Crippen LogP) is 2.88. The Morgan fingerprint density at radius 1 is 1.29 bits per heavy atom. The van der Waals surface area contributed by atoms with Gasteiger partial charge in [-0.15, -0.1) is 5.10 Å². The number of nitrogens with two attached hydrogens (primary N) is 1. The first-order chi connectivity index (χ1) is 13.5. The molecule has 3 aromatic rings. The van der Waals surface area contributed by atoms with E-state index in [9.17, 15) is 9.18 Å². The van der Waals surface area contributed by atoms with Gasteiger partial charge in [-0.3, -0.25) is 9.78 Å². The Morgan fingerprint density at radius 3 is 2.79 bits per heavy atom. The summed E-state index contributed by atoms with van der Waals surface area (Å²) in [4.78, 5) is 21.0. The highest BCUT2D eigenvalue weighted by Crippen LogP contribution is 2.35. The quantitative estimate of drug-likeness (QED) is 0.644. The van der Waals surface area contributed by atoms with E-state index in [0.29, 0.717) is 39.4 Å². The number of aromatic nitrogens is 4. The van der Waals surface area contributed by atoms with Crippen molar-refractivity contribution in [3.05, 3.63) is 77.0 Å². The van der Waals surface area contributed by atoms with Crippen molar-refractivity contribution in [3.63, 3.8) is 0 Å². The number of hydrogen-bond acceptors (Lipinski definition) is 6. The fourth-order valence-corrected chi connectivity index (χ4v) is 3.90. The first-order valence-corrected chi connectivity index (χ1v) is 9.54. The molecule has 1 amide bonds. The molecule has 0 saturated carbocycles. The van der Waals surface area contributed by atoms with E-state index < -0.39 is 11.9 Å². The summed E-state index contributed by atoms with van der Waals surface area (Å²) in [5, 5.41) is 8.06. The first-order valence-electron chi connectivity index (χ1n) is 8.56. The molecule has 4 rings (SSSR count). The van der Waals surface area contributed by atoms with Gasteiger partial charge in [0, 0.05) is 17.6 Å². The molecule has 142 valence electrons. The zero-order chi connectivity index (χ0) is 19.7. The average molecular weight is 396 g/mol. The van der Waals surface area contributed by atoms with Crippen molar-refractivity contribution in [1.29, 1.82) is 0 Å². The van der Waals surface area contributed by atoms with Crippen LogP contribution in [0, 0.1) is 5.82 Å². The Bertz CT molecular complexity index is 1070. The number of hydrogen-bond donors (Lipinski definition) is 2. The van der Waals surface area contributed by atoms with Crippen molar-refractivity contribution in [1.82, 2.24) is 19.7 Å². The van der Waals surface area contributed by atoms with Crippen molar-refractivity contribution < 1.29 is 9.18 Å². The first kappa shape index (κ1) is 18.2. The van der Waals surface area contributed by atoms with Crippen molar-refractivity contribution in [2.45, 2.75) is 23.9 Å². The van der Waals surface area contributed by atoms with Crippen LogP contribution in [0.3, 0.4) is 0 Å². The maximum Gasteiger partial charge on any atom is 0.248 e. The van der Waals surface area contributed by atoms with E-state index in [1.165, 1.54) is 17.8 Å². The Morgan fingerprint density at radius 2 is 2.07 bits per heavy atom. The molecule has 2 aromatic heterocycles. The highest BCUT2D eigenvalue weighted by atomic mass is 32.2. The highest BCUT2D eigenvalue weighted by molar-refractivity contribution is 7.98. The molecular formula is C19H17FN6OS. The van der Waals surface area contributed by atoms with E-state index in [4.69, 9.17) is 5.73 Å². The lowest BCUT2D eigenvalue weighted by molar-refractivity contribution is -0.115. The Hall–Kier alpha value is -3.20. The van der Waals surface area contributed by atoms with Gasteiger partial charge in [0.2, 0.25) is 17.0 Å². The molecule has 0 spiro atoms. The molecule has 1 atom stereocenters. The summed E-state index contributed by atoms with van der Waals surface area (Å²) in [7, 11) is 0. The summed E-state index contributed by atoms with van der Waals surface area (Å²) in [5.41, 5.74) is 7.81. The lowest BCUT2D eigenvalue weighted by Crippen LogP contribution is -2.32. The van der Waals surface area contributed by atoms with Gasteiger partial charge in [0.05, 0.1) is 11.3 Å². The number of halogens is 1. The number of anilines is 1. The molecule has 0 saturated heterocycles. The zero-order valence-corrected chi connectivity index (χ0v) is 15.8. The zero-order valence-electron chi connectivity index (χ0n) is 15.0. The molecule has 1 unspecified atom stereocenters. The Kier molecular flexibility index (Phi) is 4.82. The van der Waals surface area contributed by atoms with Gasteiger partial charge in [-0.25, -0.2) is 9.07 Å². The van der Waals surface area contributed by atoms with Crippen molar-refractivity contribution in [2.75, 3.05) is 5.32 Å². The van der Waals surface area contributed by atoms with Crippen molar-refractivity contribution >= 4 is 23.6 Å². The fourth-order valence-electron chi connectivity index (χ4n) is 3.08. The molecular weight excluding hydrogens is 379 g/mol. The van der Waals surface area contributed by atoms with Crippen LogP contribution < -0.4 is 11.1 Å². The number of benzene rings is 1. The molecule has 0 aliphatic carbocycles. The van der Waals surface area contributed by atoms with Crippen LogP contribution in [0.4, 0.5) is 10.3 Å². The van der Waals surface area contributed by atoms with Gasteiger partial charge in [-0.2, -0.15) is 4.98 Å². The van der Waals surface area contributed by atoms with Gasteiger partial charge in [-0.05, 0) is 30.7 Å². The second-order valence-corrected chi connectivity index (χ2v) is 7.17. The summed E-state index contributed by atoms with van der Waals surface area (Å²) < 4.78 is 15.5. The molecule has 0 bridgehead atoms. The van der Waals surface area contributed by atoms with Crippen molar-refractivity contribution in [3.8, 4) is 0 Å². The molecule has 7 nitrogen and oxygen atoms in total. The number of amides is 1. The number of carbonyl (C=O) groups excluding carboxylic acids is 1. The number of carbonyl (C=O) groups is 1. The number of nitrogens with zero attached hydrogens (tertiary/aromatic N) is 4. The van der Waals surface area contributed by atoms with E-state index in [1.54, 1.807) is 42.1 Å². The summed E-state index contributed by atoms with van der Waals surface area (Å²) in [6.45, 7) is 1.76. The van der Waals surface area contributed by atoms with E-state index in [1.807, 2.05) is 12.1 Å². The van der Waals surface area contributed by atoms with Crippen LogP contribution in [0.2, 0.25) is 0 Å². The van der Waals surface area contributed by atoms with Crippen LogP contribution in [0.5, 0.6) is 0 Å². The molecule has 1 aromatic carbocycles. The minimum atomic E-state index is -0.578. The van der Waals surface area contributed by atoms with Crippen LogP contribution in [0.1, 0.15) is 24.2 Å². The van der Waals surface area contributed by atoms with Gasteiger partial charge in [0.15, 0.2) is 0 Å². The van der Waals surface area contributed by atoms with Crippen LogP contribution >= 0.6 is 11.8 Å². The maximum absolute atomic E-state index is 13.9. The van der Waals surface area contributed by atoms with Crippen molar-refractivity contribution in [2.24, 2.45) is 5.73 Å². The molecule has 3 N–H and O–H groups in total. The summed E-state index contributed by atoms with van der Waals surface area (Å²) in [5.74, 6) is 0.0490. The third-order valence-corrected chi connectivity index (χ3v) is 5.27. The third-order valence-electron chi connectivity index (χ3n) is 4.38. The second kappa shape index (κ2) is 7.43. The summed E-state index contributed by atoms with van der Waals surface area (Å²) >= 11 is 1.31. The van der Waals surface area contributed by atoms with E-state index in [0.717, 1.165) is 0 Å². The molecule has 28 heavy (non-hydrogen) atoms. The Balaban J connectivity index is 1.68. The SMILES string of the molecule is CC1=C(C(N)=O)C(c2ccccn2)n2nc(SCc3ccccc3F)nc2N1. The third kappa shape index (κ3) is 3.36.